The standard InChI is InChI=1S/C7H5BrF3NO/c8-5-2-1-4(12-11)3-6(5)13-7(9)10/h1-3,7,12H. The molecule has 1 N–H and O–H groups in total. The van der Waals surface area contributed by atoms with Gasteiger partial charge in [0.25, 0.3) is 0 Å². The maximum Gasteiger partial charge on any atom is 0.387 e. The van der Waals surface area contributed by atoms with Gasteiger partial charge >= 0.3 is 6.61 Å². The van der Waals surface area contributed by atoms with Crippen molar-refractivity contribution in [1.82, 2.24) is 0 Å². The van der Waals surface area contributed by atoms with E-state index in [1.54, 1.807) is 0 Å². The Hall–Kier alpha value is -0.910. The van der Waals surface area contributed by atoms with Crippen LogP contribution in [0.4, 0.5) is 18.9 Å². The van der Waals surface area contributed by atoms with Crippen LogP contribution in [-0.4, -0.2) is 6.61 Å². The summed E-state index contributed by atoms with van der Waals surface area (Å²) >= 11 is 2.98. The molecule has 0 aliphatic rings. The normalized spacial score (nSPS) is 10.2. The van der Waals surface area contributed by atoms with E-state index in [1.807, 2.05) is 0 Å². The van der Waals surface area contributed by atoms with Crippen LogP contribution in [0.1, 0.15) is 0 Å². The average Bonchev–Trinajstić information content (AvgIpc) is 2.08. The lowest BCUT2D eigenvalue weighted by Crippen LogP contribution is -2.02. The van der Waals surface area contributed by atoms with E-state index < -0.39 is 6.61 Å². The number of ether oxygens (including phenoxy) is 1. The van der Waals surface area contributed by atoms with Gasteiger partial charge in [0, 0.05) is 6.07 Å². The molecule has 0 saturated heterocycles. The van der Waals surface area contributed by atoms with E-state index in [4.69, 9.17) is 0 Å². The average molecular weight is 256 g/mol. The van der Waals surface area contributed by atoms with Gasteiger partial charge in [-0.05, 0) is 28.1 Å². The molecule has 0 unspecified atom stereocenters. The summed E-state index contributed by atoms with van der Waals surface area (Å²) in [6.45, 7) is -2.92. The van der Waals surface area contributed by atoms with Gasteiger partial charge in [-0.25, -0.2) is 5.54 Å². The Kier molecular flexibility index (Phi) is 3.41. The van der Waals surface area contributed by atoms with E-state index >= 15 is 0 Å². The van der Waals surface area contributed by atoms with E-state index in [-0.39, 0.29) is 11.4 Å². The molecule has 6 heteroatoms. The maximum absolute atomic E-state index is 11.9. The molecule has 0 aliphatic heterocycles. The third-order valence-corrected chi connectivity index (χ3v) is 1.91. The molecular formula is C7H5BrF3NO. The summed E-state index contributed by atoms with van der Waals surface area (Å²) < 4.78 is 39.9. The van der Waals surface area contributed by atoms with Crippen LogP contribution in [0.3, 0.4) is 0 Å². The first kappa shape index (κ1) is 10.2. The SMILES string of the molecule is FNc1ccc(Br)c(OC(F)F)c1. The Balaban J connectivity index is 2.90. The minimum Gasteiger partial charge on any atom is -0.434 e. The number of alkyl halides is 2. The van der Waals surface area contributed by atoms with Crippen molar-refractivity contribution in [3.05, 3.63) is 22.7 Å². The highest BCUT2D eigenvalue weighted by Gasteiger charge is 2.08. The fourth-order valence-electron chi connectivity index (χ4n) is 0.748. The highest BCUT2D eigenvalue weighted by atomic mass is 79.9. The second-order valence-corrected chi connectivity index (χ2v) is 2.97. The van der Waals surface area contributed by atoms with Gasteiger partial charge in [-0.1, -0.05) is 0 Å². The number of anilines is 1. The van der Waals surface area contributed by atoms with Crippen molar-refractivity contribution in [1.29, 1.82) is 0 Å². The molecule has 72 valence electrons. The molecule has 1 rings (SSSR count). The molecule has 0 aromatic heterocycles. The molecule has 0 radical (unpaired) electrons. The molecule has 0 saturated carbocycles. The number of benzene rings is 1. The number of hydrogen-bond acceptors (Lipinski definition) is 2. The number of halogens is 4. The first-order chi connectivity index (χ1) is 6.13. The zero-order valence-electron chi connectivity index (χ0n) is 6.23. The van der Waals surface area contributed by atoms with Crippen LogP contribution in [-0.2, 0) is 0 Å². The van der Waals surface area contributed by atoms with Crippen molar-refractivity contribution in [3.63, 3.8) is 0 Å². The van der Waals surface area contributed by atoms with Gasteiger partial charge in [0.1, 0.15) is 5.75 Å². The van der Waals surface area contributed by atoms with Gasteiger partial charge in [0.05, 0.1) is 10.2 Å². The zero-order valence-corrected chi connectivity index (χ0v) is 7.82. The molecule has 13 heavy (non-hydrogen) atoms. The summed E-state index contributed by atoms with van der Waals surface area (Å²) in [5, 5.41) is 0. The molecule has 0 spiro atoms. The highest BCUT2D eigenvalue weighted by Crippen LogP contribution is 2.29. The van der Waals surface area contributed by atoms with Crippen molar-refractivity contribution in [2.75, 3.05) is 5.54 Å². The number of hydrogen-bond donors (Lipinski definition) is 1. The summed E-state index contributed by atoms with van der Waals surface area (Å²) in [7, 11) is 0. The molecular weight excluding hydrogens is 251 g/mol. The smallest absolute Gasteiger partial charge is 0.387 e. The Morgan fingerprint density at radius 3 is 2.62 bits per heavy atom. The Bertz CT molecular complexity index is 295. The Morgan fingerprint density at radius 2 is 2.08 bits per heavy atom. The first-order valence-electron chi connectivity index (χ1n) is 3.24. The Morgan fingerprint density at radius 1 is 1.38 bits per heavy atom. The lowest BCUT2D eigenvalue weighted by Gasteiger charge is -2.07. The second kappa shape index (κ2) is 4.36. The van der Waals surface area contributed by atoms with Crippen molar-refractivity contribution in [3.8, 4) is 5.75 Å². The molecule has 0 heterocycles. The van der Waals surface area contributed by atoms with Crippen molar-refractivity contribution >= 4 is 21.6 Å². The molecule has 0 atom stereocenters. The van der Waals surface area contributed by atoms with Crippen LogP contribution in [0.2, 0.25) is 0 Å². The predicted molar refractivity (Wildman–Crippen MR) is 45.5 cm³/mol. The van der Waals surface area contributed by atoms with Crippen LogP contribution in [0.5, 0.6) is 5.75 Å². The molecule has 1 aromatic carbocycles. The molecule has 0 amide bonds. The highest BCUT2D eigenvalue weighted by molar-refractivity contribution is 9.10. The van der Waals surface area contributed by atoms with E-state index in [1.165, 1.54) is 17.7 Å². The topological polar surface area (TPSA) is 21.3 Å². The van der Waals surface area contributed by atoms with Gasteiger partial charge in [-0.3, -0.25) is 0 Å². The Labute approximate surface area is 80.8 Å². The summed E-state index contributed by atoms with van der Waals surface area (Å²) in [6.07, 6.45) is 0. The summed E-state index contributed by atoms with van der Waals surface area (Å²) in [6, 6.07) is 3.90. The van der Waals surface area contributed by atoms with Crippen LogP contribution in [0.25, 0.3) is 0 Å². The zero-order chi connectivity index (χ0) is 9.84. The predicted octanol–water partition coefficient (Wildman–Crippen LogP) is 3.35. The van der Waals surface area contributed by atoms with Gasteiger partial charge in [-0.15, -0.1) is 4.48 Å². The lowest BCUT2D eigenvalue weighted by molar-refractivity contribution is -0.0503. The lowest BCUT2D eigenvalue weighted by atomic mass is 10.3. The van der Waals surface area contributed by atoms with E-state index in [0.717, 1.165) is 6.07 Å². The van der Waals surface area contributed by atoms with Crippen LogP contribution >= 0.6 is 15.9 Å². The fourth-order valence-corrected chi connectivity index (χ4v) is 1.09. The minimum atomic E-state index is -2.92. The monoisotopic (exact) mass is 255 g/mol. The van der Waals surface area contributed by atoms with E-state index in [9.17, 15) is 13.3 Å². The van der Waals surface area contributed by atoms with Crippen molar-refractivity contribution < 1.29 is 18.0 Å². The largest absolute Gasteiger partial charge is 0.434 e. The summed E-state index contributed by atoms with van der Waals surface area (Å²) in [4.78, 5) is 0. The third-order valence-electron chi connectivity index (χ3n) is 1.26. The van der Waals surface area contributed by atoms with E-state index in [2.05, 4.69) is 20.7 Å². The van der Waals surface area contributed by atoms with Gasteiger partial charge < -0.3 is 4.74 Å². The molecule has 0 fully saturated rings. The molecule has 0 aliphatic carbocycles. The van der Waals surface area contributed by atoms with E-state index in [0.29, 0.717) is 4.47 Å². The van der Waals surface area contributed by atoms with Crippen LogP contribution in [0.15, 0.2) is 22.7 Å². The molecule has 2 nitrogen and oxygen atoms in total. The summed E-state index contributed by atoms with van der Waals surface area (Å²) in [5.74, 6) is -0.113. The number of rotatable bonds is 3. The second-order valence-electron chi connectivity index (χ2n) is 2.12. The van der Waals surface area contributed by atoms with Crippen LogP contribution in [0, 0.1) is 0 Å². The fraction of sp³-hybridized carbons (Fsp3) is 0.143. The van der Waals surface area contributed by atoms with Gasteiger partial charge in [-0.2, -0.15) is 8.78 Å². The summed E-state index contributed by atoms with van der Waals surface area (Å²) in [5.41, 5.74) is 1.38. The molecule has 1 aromatic rings. The third kappa shape index (κ3) is 2.80. The van der Waals surface area contributed by atoms with Crippen LogP contribution < -0.4 is 10.3 Å². The molecule has 0 bridgehead atoms. The quantitative estimate of drug-likeness (QED) is 0.837. The van der Waals surface area contributed by atoms with Crippen molar-refractivity contribution in [2.24, 2.45) is 0 Å². The number of nitrogens with one attached hydrogen (secondary N) is 1. The van der Waals surface area contributed by atoms with Crippen molar-refractivity contribution in [2.45, 2.75) is 6.61 Å². The van der Waals surface area contributed by atoms with Gasteiger partial charge in [0.15, 0.2) is 0 Å². The first-order valence-corrected chi connectivity index (χ1v) is 4.04. The minimum absolute atomic E-state index is 0.0545. The van der Waals surface area contributed by atoms with Gasteiger partial charge in [0.2, 0.25) is 0 Å². The maximum atomic E-state index is 11.9.